The molecule has 0 atom stereocenters. The molecule has 100 valence electrons. The largest absolute Gasteiger partial charge is 0.395 e. The zero-order valence-corrected chi connectivity index (χ0v) is 10.2. The van der Waals surface area contributed by atoms with Gasteiger partial charge in [0.2, 0.25) is 0 Å². The van der Waals surface area contributed by atoms with Crippen LogP contribution in [-0.4, -0.2) is 22.0 Å². The zero-order valence-electron chi connectivity index (χ0n) is 10.2. The summed E-state index contributed by atoms with van der Waals surface area (Å²) < 4.78 is 0. The van der Waals surface area contributed by atoms with Gasteiger partial charge in [-0.3, -0.25) is 0 Å². The number of rotatable bonds is 3. The van der Waals surface area contributed by atoms with Crippen LogP contribution in [0.5, 0.6) is 0 Å². The van der Waals surface area contributed by atoms with Crippen LogP contribution in [-0.2, 0) is 0 Å². The van der Waals surface area contributed by atoms with E-state index in [9.17, 15) is 5.11 Å². The lowest BCUT2D eigenvalue weighted by Crippen LogP contribution is -2.05. The Balaban J connectivity index is 0.000000399. The molecule has 0 saturated carbocycles. The van der Waals surface area contributed by atoms with Crippen molar-refractivity contribution in [3.05, 3.63) is 81.9 Å². The summed E-state index contributed by atoms with van der Waals surface area (Å²) in [6.07, 6.45) is 0. The van der Waals surface area contributed by atoms with Crippen LogP contribution >= 0.6 is 0 Å². The molecule has 0 bridgehead atoms. The van der Waals surface area contributed by atoms with Crippen molar-refractivity contribution >= 4 is 0 Å². The summed E-state index contributed by atoms with van der Waals surface area (Å²) in [6.45, 7) is 0.147. The van der Waals surface area contributed by atoms with Gasteiger partial charge in [-0.25, -0.2) is 0 Å². The number of hydrogen-bond donors (Lipinski definition) is 2. The molecule has 5 heteroatoms. The Bertz CT molecular complexity index is 444. The number of aliphatic hydroxyl groups is 1. The molecule has 2 N–H and O–H groups in total. The molecule has 0 spiro atoms. The predicted octanol–water partition coefficient (Wildman–Crippen LogP) is 2.46. The lowest BCUT2D eigenvalue weighted by molar-refractivity contribution is -0.742. The van der Waals surface area contributed by atoms with Crippen molar-refractivity contribution in [3.8, 4) is 0 Å². The molecule has 0 aliphatic rings. The number of nitrogens with zero attached hydrogens (tertiary/aromatic N) is 1. The van der Waals surface area contributed by atoms with E-state index >= 15 is 0 Å². The average molecular weight is 261 g/mol. The third-order valence-corrected chi connectivity index (χ3v) is 2.59. The van der Waals surface area contributed by atoms with E-state index < -0.39 is 5.09 Å². The second-order valence-corrected chi connectivity index (χ2v) is 3.79. The van der Waals surface area contributed by atoms with Gasteiger partial charge in [-0.15, -0.1) is 10.1 Å². The Morgan fingerprint density at radius 1 is 0.947 bits per heavy atom. The second-order valence-electron chi connectivity index (χ2n) is 3.79. The zero-order chi connectivity index (χ0) is 14.1. The lowest BCUT2D eigenvalue weighted by Gasteiger charge is -2.14. The second kappa shape index (κ2) is 7.84. The SMILES string of the molecule is O=[N+]([O-])O.OCC(c1ccccc1)c1ccccc1. The summed E-state index contributed by atoms with van der Waals surface area (Å²) in [4.78, 5) is 8.36. The Kier molecular flexibility index (Phi) is 6.05. The highest BCUT2D eigenvalue weighted by Crippen LogP contribution is 2.23. The monoisotopic (exact) mass is 261 g/mol. The molecule has 0 radical (unpaired) electrons. The quantitative estimate of drug-likeness (QED) is 0.656. The first-order chi connectivity index (χ1) is 9.15. The van der Waals surface area contributed by atoms with Gasteiger partial charge in [0.25, 0.3) is 5.09 Å². The van der Waals surface area contributed by atoms with E-state index in [-0.39, 0.29) is 12.5 Å². The van der Waals surface area contributed by atoms with E-state index in [2.05, 4.69) is 0 Å². The smallest absolute Gasteiger partial charge is 0.291 e. The lowest BCUT2D eigenvalue weighted by atomic mass is 9.92. The normalized spacial score (nSPS) is 9.58. The molecule has 2 aromatic carbocycles. The van der Waals surface area contributed by atoms with Crippen LogP contribution in [0.4, 0.5) is 0 Å². The Hall–Kier alpha value is -2.40. The third kappa shape index (κ3) is 5.18. The summed E-state index contributed by atoms with van der Waals surface area (Å²) in [5, 5.41) is 23.1. The molecular formula is C14H15NO4. The number of benzene rings is 2. The van der Waals surface area contributed by atoms with Crippen LogP contribution in [0.15, 0.2) is 60.7 Å². The predicted molar refractivity (Wildman–Crippen MR) is 70.6 cm³/mol. The van der Waals surface area contributed by atoms with E-state index in [1.54, 1.807) is 0 Å². The standard InChI is InChI=1S/C14H14O.HNO3/c15-11-14(12-7-3-1-4-8-12)13-9-5-2-6-10-13;2-1(3)4/h1-10,14-15H,11H2;(H,2,3,4). The molecular weight excluding hydrogens is 246 g/mol. The first kappa shape index (κ1) is 14.7. The van der Waals surface area contributed by atoms with Gasteiger partial charge >= 0.3 is 0 Å². The van der Waals surface area contributed by atoms with Gasteiger partial charge in [-0.2, -0.15) is 0 Å². The summed E-state index contributed by atoms with van der Waals surface area (Å²) in [5.41, 5.74) is 2.32. The fourth-order valence-electron chi connectivity index (χ4n) is 1.77. The molecule has 19 heavy (non-hydrogen) atoms. The summed E-state index contributed by atoms with van der Waals surface area (Å²) in [7, 11) is 0. The molecule has 0 saturated heterocycles. The molecule has 0 heterocycles. The minimum atomic E-state index is -1.50. The van der Waals surface area contributed by atoms with Crippen molar-refractivity contribution in [2.24, 2.45) is 0 Å². The third-order valence-electron chi connectivity index (χ3n) is 2.59. The van der Waals surface area contributed by atoms with Gasteiger partial charge in [0.15, 0.2) is 0 Å². The maximum Gasteiger partial charge on any atom is 0.291 e. The minimum absolute atomic E-state index is 0.0902. The molecule has 0 aliphatic heterocycles. The van der Waals surface area contributed by atoms with Crippen molar-refractivity contribution in [2.75, 3.05) is 6.61 Å². The number of hydrogen-bond acceptors (Lipinski definition) is 3. The van der Waals surface area contributed by atoms with Crippen molar-refractivity contribution in [1.29, 1.82) is 0 Å². The first-order valence-electron chi connectivity index (χ1n) is 5.69. The van der Waals surface area contributed by atoms with E-state index in [1.165, 1.54) is 0 Å². The fraction of sp³-hybridized carbons (Fsp3) is 0.143. The maximum absolute atomic E-state index is 9.43. The van der Waals surface area contributed by atoms with Gasteiger partial charge in [-0.05, 0) is 11.1 Å². The highest BCUT2D eigenvalue weighted by atomic mass is 16.9. The average Bonchev–Trinajstić information content (AvgIpc) is 2.41. The van der Waals surface area contributed by atoms with Crippen LogP contribution in [0.1, 0.15) is 17.0 Å². The van der Waals surface area contributed by atoms with Crippen molar-refractivity contribution in [2.45, 2.75) is 5.92 Å². The van der Waals surface area contributed by atoms with Crippen molar-refractivity contribution in [1.82, 2.24) is 0 Å². The van der Waals surface area contributed by atoms with Gasteiger partial charge in [0.05, 0.1) is 6.61 Å². The van der Waals surface area contributed by atoms with Gasteiger partial charge in [0.1, 0.15) is 0 Å². The van der Waals surface area contributed by atoms with Crippen LogP contribution in [0.3, 0.4) is 0 Å². The molecule has 0 aliphatic carbocycles. The van der Waals surface area contributed by atoms with Crippen LogP contribution in [0, 0.1) is 10.1 Å². The van der Waals surface area contributed by atoms with E-state index in [4.69, 9.17) is 15.3 Å². The molecule has 0 unspecified atom stereocenters. The highest BCUT2D eigenvalue weighted by molar-refractivity contribution is 5.32. The number of aliphatic hydroxyl groups excluding tert-OH is 1. The van der Waals surface area contributed by atoms with Gasteiger partial charge in [0, 0.05) is 5.92 Å². The summed E-state index contributed by atoms with van der Waals surface area (Å²) in [6, 6.07) is 20.2. The van der Waals surface area contributed by atoms with E-state index in [0.29, 0.717) is 0 Å². The molecule has 5 nitrogen and oxygen atoms in total. The van der Waals surface area contributed by atoms with E-state index in [0.717, 1.165) is 11.1 Å². The minimum Gasteiger partial charge on any atom is -0.395 e. The van der Waals surface area contributed by atoms with Crippen molar-refractivity contribution in [3.63, 3.8) is 0 Å². The highest BCUT2D eigenvalue weighted by Gasteiger charge is 2.11. The Labute approximate surface area is 110 Å². The Morgan fingerprint density at radius 3 is 1.53 bits per heavy atom. The molecule has 0 aromatic heterocycles. The summed E-state index contributed by atoms with van der Waals surface area (Å²) in [5.74, 6) is 0.0902. The molecule has 0 fully saturated rings. The van der Waals surface area contributed by atoms with Crippen LogP contribution in [0.2, 0.25) is 0 Å². The van der Waals surface area contributed by atoms with Gasteiger partial charge < -0.3 is 10.3 Å². The molecule has 0 amide bonds. The molecule has 2 rings (SSSR count). The van der Waals surface area contributed by atoms with E-state index in [1.807, 2.05) is 60.7 Å². The maximum atomic E-state index is 9.43. The van der Waals surface area contributed by atoms with Crippen LogP contribution < -0.4 is 0 Å². The summed E-state index contributed by atoms with van der Waals surface area (Å²) >= 11 is 0. The topological polar surface area (TPSA) is 83.6 Å². The molecule has 2 aromatic rings. The van der Waals surface area contributed by atoms with Crippen LogP contribution in [0.25, 0.3) is 0 Å². The van der Waals surface area contributed by atoms with Gasteiger partial charge in [-0.1, -0.05) is 60.7 Å². The first-order valence-corrected chi connectivity index (χ1v) is 5.69. The van der Waals surface area contributed by atoms with Crippen molar-refractivity contribution < 1.29 is 15.4 Å². The fourth-order valence-corrected chi connectivity index (χ4v) is 1.77. The Morgan fingerprint density at radius 2 is 1.26 bits per heavy atom.